The van der Waals surface area contributed by atoms with Crippen LogP contribution in [0.5, 0.6) is 5.75 Å². The number of aryl methyl sites for hydroxylation is 1. The smallest absolute Gasteiger partial charge is 0.412 e. The molecule has 140 valence electrons. The number of carbonyl (C=O) groups is 1. The first-order chi connectivity index (χ1) is 12.6. The lowest BCUT2D eigenvalue weighted by Gasteiger charge is -2.19. The Labute approximate surface area is 153 Å². The SMILES string of the molecule is Cc1ccc(NC(=O)O[C@@H](CCCO)c2cccc(OCCO)c2)cc1. The molecule has 0 saturated carbocycles. The zero-order chi connectivity index (χ0) is 18.8. The van der Waals surface area contributed by atoms with E-state index < -0.39 is 12.2 Å². The van der Waals surface area contributed by atoms with Crippen LogP contribution in [0.3, 0.4) is 0 Å². The highest BCUT2D eigenvalue weighted by Crippen LogP contribution is 2.27. The van der Waals surface area contributed by atoms with Gasteiger partial charge in [0.15, 0.2) is 0 Å². The molecule has 0 aliphatic heterocycles. The number of hydrogen-bond acceptors (Lipinski definition) is 5. The molecule has 2 rings (SSSR count). The van der Waals surface area contributed by atoms with Gasteiger partial charge < -0.3 is 19.7 Å². The molecular weight excluding hydrogens is 334 g/mol. The minimum absolute atomic E-state index is 0.0140. The quantitative estimate of drug-likeness (QED) is 0.638. The van der Waals surface area contributed by atoms with Gasteiger partial charge in [0.1, 0.15) is 18.5 Å². The Bertz CT molecular complexity index is 687. The first kappa shape index (κ1) is 19.8. The van der Waals surface area contributed by atoms with Crippen molar-refractivity contribution >= 4 is 11.8 Å². The fourth-order valence-corrected chi connectivity index (χ4v) is 2.45. The predicted octanol–water partition coefficient (Wildman–Crippen LogP) is 3.43. The third-order valence-electron chi connectivity index (χ3n) is 3.76. The summed E-state index contributed by atoms with van der Waals surface area (Å²) in [6.45, 7) is 2.10. The van der Waals surface area contributed by atoms with Gasteiger partial charge in [-0.25, -0.2) is 4.79 Å². The zero-order valence-corrected chi connectivity index (χ0v) is 14.9. The van der Waals surface area contributed by atoms with Gasteiger partial charge in [0, 0.05) is 12.3 Å². The van der Waals surface area contributed by atoms with E-state index in [0.29, 0.717) is 24.3 Å². The van der Waals surface area contributed by atoms with Gasteiger partial charge in [-0.05, 0) is 49.6 Å². The number of hydrogen-bond donors (Lipinski definition) is 3. The molecule has 0 aliphatic carbocycles. The highest BCUT2D eigenvalue weighted by atomic mass is 16.6. The van der Waals surface area contributed by atoms with E-state index >= 15 is 0 Å². The molecule has 0 saturated heterocycles. The lowest BCUT2D eigenvalue weighted by Crippen LogP contribution is -2.18. The van der Waals surface area contributed by atoms with E-state index in [1.165, 1.54) is 0 Å². The maximum Gasteiger partial charge on any atom is 0.412 e. The van der Waals surface area contributed by atoms with E-state index in [1.54, 1.807) is 18.2 Å². The summed E-state index contributed by atoms with van der Waals surface area (Å²) in [5.41, 5.74) is 2.53. The van der Waals surface area contributed by atoms with Crippen molar-refractivity contribution in [3.05, 3.63) is 59.7 Å². The van der Waals surface area contributed by atoms with E-state index in [1.807, 2.05) is 37.3 Å². The second kappa shape index (κ2) is 10.4. The highest BCUT2D eigenvalue weighted by Gasteiger charge is 2.17. The summed E-state index contributed by atoms with van der Waals surface area (Å²) < 4.78 is 11.0. The van der Waals surface area contributed by atoms with Gasteiger partial charge in [-0.1, -0.05) is 29.8 Å². The fourth-order valence-electron chi connectivity index (χ4n) is 2.45. The van der Waals surface area contributed by atoms with Gasteiger partial charge >= 0.3 is 6.09 Å². The molecule has 0 bridgehead atoms. The monoisotopic (exact) mass is 359 g/mol. The third-order valence-corrected chi connectivity index (χ3v) is 3.76. The van der Waals surface area contributed by atoms with Crippen molar-refractivity contribution in [3.63, 3.8) is 0 Å². The number of carbonyl (C=O) groups excluding carboxylic acids is 1. The van der Waals surface area contributed by atoms with Crippen LogP contribution >= 0.6 is 0 Å². The van der Waals surface area contributed by atoms with Crippen LogP contribution in [-0.2, 0) is 4.74 Å². The number of aliphatic hydroxyl groups excluding tert-OH is 2. The van der Waals surface area contributed by atoms with Crippen LogP contribution in [-0.4, -0.2) is 36.1 Å². The molecule has 0 fully saturated rings. The van der Waals surface area contributed by atoms with Crippen molar-refractivity contribution in [1.82, 2.24) is 0 Å². The van der Waals surface area contributed by atoms with E-state index in [-0.39, 0.29) is 19.8 Å². The second-order valence-electron chi connectivity index (χ2n) is 5.90. The Balaban J connectivity index is 2.06. The standard InChI is InChI=1S/C20H25NO5/c1-15-7-9-17(10-8-15)21-20(24)26-19(6-3-11-22)16-4-2-5-18(14-16)25-13-12-23/h2,4-5,7-10,14,19,22-23H,3,6,11-13H2,1H3,(H,21,24)/t19-/m0/s1. The lowest BCUT2D eigenvalue weighted by molar-refractivity contribution is 0.0992. The van der Waals surface area contributed by atoms with Crippen molar-refractivity contribution in [2.75, 3.05) is 25.1 Å². The molecule has 0 spiro atoms. The summed E-state index contributed by atoms with van der Waals surface area (Å²) in [4.78, 5) is 12.2. The van der Waals surface area contributed by atoms with Crippen LogP contribution in [0.15, 0.2) is 48.5 Å². The molecule has 2 aromatic rings. The second-order valence-corrected chi connectivity index (χ2v) is 5.90. The zero-order valence-electron chi connectivity index (χ0n) is 14.9. The number of rotatable bonds is 9. The fraction of sp³-hybridized carbons (Fsp3) is 0.350. The van der Waals surface area contributed by atoms with E-state index in [9.17, 15) is 4.79 Å². The number of aliphatic hydroxyl groups is 2. The minimum atomic E-state index is -0.557. The van der Waals surface area contributed by atoms with Gasteiger partial charge in [-0.15, -0.1) is 0 Å². The van der Waals surface area contributed by atoms with Crippen molar-refractivity contribution in [3.8, 4) is 5.75 Å². The average molecular weight is 359 g/mol. The topological polar surface area (TPSA) is 88.0 Å². The van der Waals surface area contributed by atoms with Crippen molar-refractivity contribution in [1.29, 1.82) is 0 Å². The Morgan fingerprint density at radius 2 is 1.88 bits per heavy atom. The van der Waals surface area contributed by atoms with E-state index in [4.69, 9.17) is 19.7 Å². The Kier molecular flexibility index (Phi) is 7.92. The van der Waals surface area contributed by atoms with Gasteiger partial charge in [-0.3, -0.25) is 5.32 Å². The van der Waals surface area contributed by atoms with Gasteiger partial charge in [0.2, 0.25) is 0 Å². The molecule has 0 aromatic heterocycles. The molecule has 3 N–H and O–H groups in total. The summed E-state index contributed by atoms with van der Waals surface area (Å²) >= 11 is 0. The Morgan fingerprint density at radius 1 is 1.12 bits per heavy atom. The maximum absolute atomic E-state index is 12.2. The summed E-state index contributed by atoms with van der Waals surface area (Å²) in [7, 11) is 0. The molecule has 1 amide bonds. The van der Waals surface area contributed by atoms with Gasteiger partial charge in [0.05, 0.1) is 6.61 Å². The lowest BCUT2D eigenvalue weighted by atomic mass is 10.0. The maximum atomic E-state index is 12.2. The molecule has 26 heavy (non-hydrogen) atoms. The highest BCUT2D eigenvalue weighted by molar-refractivity contribution is 5.84. The summed E-state index contributed by atoms with van der Waals surface area (Å²) in [6.07, 6.45) is -0.0744. The average Bonchev–Trinajstić information content (AvgIpc) is 2.65. The van der Waals surface area contributed by atoms with Crippen LogP contribution in [0.1, 0.15) is 30.1 Å². The number of anilines is 1. The van der Waals surface area contributed by atoms with Gasteiger partial charge in [0.25, 0.3) is 0 Å². The van der Waals surface area contributed by atoms with Crippen molar-refractivity contribution in [2.45, 2.75) is 25.9 Å². The largest absolute Gasteiger partial charge is 0.491 e. The number of ether oxygens (including phenoxy) is 2. The minimum Gasteiger partial charge on any atom is -0.491 e. The number of benzene rings is 2. The van der Waals surface area contributed by atoms with Crippen LogP contribution in [0.25, 0.3) is 0 Å². The Hall–Kier alpha value is -2.57. The van der Waals surface area contributed by atoms with Crippen molar-refractivity contribution < 1.29 is 24.5 Å². The molecule has 2 aromatic carbocycles. The normalized spacial score (nSPS) is 11.7. The number of amides is 1. The first-order valence-corrected chi connectivity index (χ1v) is 8.61. The summed E-state index contributed by atoms with van der Waals surface area (Å²) in [6, 6.07) is 14.6. The first-order valence-electron chi connectivity index (χ1n) is 8.61. The molecule has 0 aliphatic rings. The molecule has 0 radical (unpaired) electrons. The van der Waals surface area contributed by atoms with E-state index in [2.05, 4.69) is 5.32 Å². The Morgan fingerprint density at radius 3 is 2.58 bits per heavy atom. The molecular formula is C20H25NO5. The van der Waals surface area contributed by atoms with Gasteiger partial charge in [-0.2, -0.15) is 0 Å². The van der Waals surface area contributed by atoms with Crippen LogP contribution in [0.2, 0.25) is 0 Å². The summed E-state index contributed by atoms with van der Waals surface area (Å²) in [5, 5.41) is 20.7. The summed E-state index contributed by atoms with van der Waals surface area (Å²) in [5.74, 6) is 0.591. The molecule has 1 atom stereocenters. The van der Waals surface area contributed by atoms with Crippen LogP contribution < -0.4 is 10.1 Å². The third kappa shape index (κ3) is 6.38. The molecule has 6 heteroatoms. The van der Waals surface area contributed by atoms with Crippen LogP contribution in [0, 0.1) is 6.92 Å². The molecule has 0 heterocycles. The number of nitrogens with one attached hydrogen (secondary N) is 1. The van der Waals surface area contributed by atoms with E-state index in [0.717, 1.165) is 11.1 Å². The molecule has 0 unspecified atom stereocenters. The molecule has 6 nitrogen and oxygen atoms in total. The predicted molar refractivity (Wildman–Crippen MR) is 99.4 cm³/mol. The van der Waals surface area contributed by atoms with Crippen LogP contribution in [0.4, 0.5) is 10.5 Å². The van der Waals surface area contributed by atoms with Crippen molar-refractivity contribution in [2.24, 2.45) is 0 Å².